The lowest BCUT2D eigenvalue weighted by Gasteiger charge is -2.40. The lowest BCUT2D eigenvalue weighted by molar-refractivity contribution is -0.134. The summed E-state index contributed by atoms with van der Waals surface area (Å²) < 4.78 is 5.53. The molecule has 138 valence electrons. The lowest BCUT2D eigenvalue weighted by atomic mass is 9.72. The minimum absolute atomic E-state index is 0.0478. The zero-order valence-corrected chi connectivity index (χ0v) is 14.7. The fourth-order valence-electron chi connectivity index (χ4n) is 4.25. The Morgan fingerprint density at radius 2 is 2.04 bits per heavy atom. The van der Waals surface area contributed by atoms with Crippen LogP contribution in [0.2, 0.25) is 0 Å². The number of hydrogen-bond donors (Lipinski definition) is 3. The van der Waals surface area contributed by atoms with Crippen molar-refractivity contribution in [1.82, 2.24) is 5.32 Å². The molecule has 1 saturated heterocycles. The summed E-state index contributed by atoms with van der Waals surface area (Å²) >= 11 is 0. The van der Waals surface area contributed by atoms with Crippen LogP contribution in [-0.2, 0) is 14.4 Å². The van der Waals surface area contributed by atoms with Crippen molar-refractivity contribution in [2.75, 3.05) is 10.6 Å². The largest absolute Gasteiger partial charge is 0.479 e. The van der Waals surface area contributed by atoms with Crippen LogP contribution in [0.25, 0.3) is 0 Å². The van der Waals surface area contributed by atoms with Crippen LogP contribution < -0.4 is 20.7 Å². The summed E-state index contributed by atoms with van der Waals surface area (Å²) in [4.78, 5) is 36.6. The first-order valence-corrected chi connectivity index (χ1v) is 9.23. The van der Waals surface area contributed by atoms with E-state index in [-0.39, 0.29) is 42.0 Å². The minimum Gasteiger partial charge on any atom is -0.479 e. The first-order valence-electron chi connectivity index (χ1n) is 9.23. The maximum absolute atomic E-state index is 12.8. The van der Waals surface area contributed by atoms with Gasteiger partial charge in [-0.3, -0.25) is 14.4 Å². The molecule has 2 fully saturated rings. The third-order valence-corrected chi connectivity index (χ3v) is 5.60. The average molecular weight is 357 g/mol. The van der Waals surface area contributed by atoms with Gasteiger partial charge in [0.05, 0.1) is 11.6 Å². The number of anilines is 2. The number of carbonyl (C=O) groups excluding carboxylic acids is 3. The Bertz CT molecular complexity index is 763. The molecule has 4 atom stereocenters. The topological polar surface area (TPSA) is 96.5 Å². The van der Waals surface area contributed by atoms with E-state index in [4.69, 9.17) is 4.74 Å². The van der Waals surface area contributed by atoms with Gasteiger partial charge in [0.2, 0.25) is 11.8 Å². The molecular formula is C19H23N3O4. The number of ether oxygens (including phenoxy) is 1. The molecule has 0 aromatic heterocycles. The highest BCUT2D eigenvalue weighted by molar-refractivity contribution is 6.00. The van der Waals surface area contributed by atoms with Gasteiger partial charge in [0, 0.05) is 18.2 Å². The highest BCUT2D eigenvalue weighted by Crippen LogP contribution is 2.37. The molecule has 0 spiro atoms. The van der Waals surface area contributed by atoms with Crippen LogP contribution in [0.1, 0.15) is 39.0 Å². The molecule has 1 saturated carbocycles. The Kier molecular flexibility index (Phi) is 4.30. The number of rotatable bonds is 2. The van der Waals surface area contributed by atoms with Gasteiger partial charge in [0.15, 0.2) is 6.10 Å². The van der Waals surface area contributed by atoms with Crippen LogP contribution in [0.15, 0.2) is 18.2 Å². The Labute approximate surface area is 151 Å². The van der Waals surface area contributed by atoms with Crippen molar-refractivity contribution < 1.29 is 19.1 Å². The number of benzene rings is 1. The van der Waals surface area contributed by atoms with Gasteiger partial charge in [-0.25, -0.2) is 0 Å². The molecule has 3 N–H and O–H groups in total. The highest BCUT2D eigenvalue weighted by Gasteiger charge is 2.41. The number of carbonyl (C=O) groups is 3. The zero-order valence-electron chi connectivity index (χ0n) is 14.7. The van der Waals surface area contributed by atoms with Crippen molar-refractivity contribution in [1.29, 1.82) is 0 Å². The lowest BCUT2D eigenvalue weighted by Crippen LogP contribution is -2.53. The summed E-state index contributed by atoms with van der Waals surface area (Å²) in [5.74, 6) is 0.0786. The molecule has 4 rings (SSSR count). The number of nitrogens with one attached hydrogen (secondary N) is 3. The molecule has 3 amide bonds. The zero-order chi connectivity index (χ0) is 18.3. The second kappa shape index (κ2) is 6.63. The SMILES string of the molecule is CC1Oc2ccc(NC(=O)C3CC(=O)NC4CCCCC43)cc2NC1=O. The quantitative estimate of drug-likeness (QED) is 0.755. The molecule has 1 aromatic carbocycles. The van der Waals surface area contributed by atoms with Crippen LogP contribution in [0.3, 0.4) is 0 Å². The van der Waals surface area contributed by atoms with E-state index in [0.29, 0.717) is 17.1 Å². The molecule has 7 nitrogen and oxygen atoms in total. The molecule has 0 bridgehead atoms. The maximum Gasteiger partial charge on any atom is 0.265 e. The van der Waals surface area contributed by atoms with Gasteiger partial charge in [-0.2, -0.15) is 0 Å². The van der Waals surface area contributed by atoms with E-state index in [1.807, 2.05) is 0 Å². The second-order valence-corrected chi connectivity index (χ2v) is 7.38. The van der Waals surface area contributed by atoms with E-state index in [1.165, 1.54) is 0 Å². The molecule has 1 aliphatic carbocycles. The standard InChI is InChI=1S/C19H23N3O4/c1-10-18(24)22-15-8-11(6-7-16(15)26-10)20-19(25)13-9-17(23)21-14-5-3-2-4-12(13)14/h6-8,10,12-14H,2-5,9H2,1H3,(H,20,25)(H,21,23)(H,22,24). The van der Waals surface area contributed by atoms with Gasteiger partial charge < -0.3 is 20.7 Å². The molecule has 2 heterocycles. The van der Waals surface area contributed by atoms with E-state index in [1.54, 1.807) is 25.1 Å². The van der Waals surface area contributed by atoms with Crippen LogP contribution in [0.5, 0.6) is 5.75 Å². The van der Waals surface area contributed by atoms with Gasteiger partial charge in [-0.15, -0.1) is 0 Å². The van der Waals surface area contributed by atoms with Gasteiger partial charge in [-0.1, -0.05) is 12.8 Å². The van der Waals surface area contributed by atoms with Gasteiger partial charge >= 0.3 is 0 Å². The number of amides is 3. The van der Waals surface area contributed by atoms with Crippen LogP contribution >= 0.6 is 0 Å². The molecule has 26 heavy (non-hydrogen) atoms. The molecule has 2 aliphatic heterocycles. The molecule has 0 radical (unpaired) electrons. The Morgan fingerprint density at radius 3 is 2.88 bits per heavy atom. The summed E-state index contributed by atoms with van der Waals surface area (Å²) in [5, 5.41) is 8.73. The van der Waals surface area contributed by atoms with Crippen molar-refractivity contribution >= 4 is 29.1 Å². The molecule has 4 unspecified atom stereocenters. The summed E-state index contributed by atoms with van der Waals surface area (Å²) in [6.45, 7) is 1.68. The smallest absolute Gasteiger partial charge is 0.265 e. The summed E-state index contributed by atoms with van der Waals surface area (Å²) in [6, 6.07) is 5.29. The van der Waals surface area contributed by atoms with Gasteiger partial charge in [0.25, 0.3) is 5.91 Å². The molecular weight excluding hydrogens is 334 g/mol. The molecule has 3 aliphatic rings. The van der Waals surface area contributed by atoms with E-state index >= 15 is 0 Å². The Balaban J connectivity index is 1.50. The van der Waals surface area contributed by atoms with E-state index in [2.05, 4.69) is 16.0 Å². The van der Waals surface area contributed by atoms with Crippen molar-refractivity contribution in [3.63, 3.8) is 0 Å². The van der Waals surface area contributed by atoms with Crippen LogP contribution in [0, 0.1) is 11.8 Å². The van der Waals surface area contributed by atoms with Crippen LogP contribution in [-0.4, -0.2) is 29.9 Å². The number of piperidine rings is 1. The van der Waals surface area contributed by atoms with E-state index in [9.17, 15) is 14.4 Å². The van der Waals surface area contributed by atoms with Crippen molar-refractivity contribution in [2.24, 2.45) is 11.8 Å². The predicted molar refractivity (Wildman–Crippen MR) is 95.8 cm³/mol. The predicted octanol–water partition coefficient (Wildman–Crippen LogP) is 2.04. The summed E-state index contributed by atoms with van der Waals surface area (Å²) in [5.41, 5.74) is 1.13. The monoisotopic (exact) mass is 357 g/mol. The summed E-state index contributed by atoms with van der Waals surface area (Å²) in [6.07, 6.45) is 3.80. The number of fused-ring (bicyclic) bond motifs is 2. The fraction of sp³-hybridized carbons (Fsp3) is 0.526. The Hall–Kier alpha value is -2.57. The van der Waals surface area contributed by atoms with E-state index in [0.717, 1.165) is 25.7 Å². The molecule has 7 heteroatoms. The van der Waals surface area contributed by atoms with Crippen molar-refractivity contribution in [2.45, 2.75) is 51.2 Å². The first kappa shape index (κ1) is 16.9. The second-order valence-electron chi connectivity index (χ2n) is 7.38. The maximum atomic E-state index is 12.8. The Morgan fingerprint density at radius 1 is 1.23 bits per heavy atom. The van der Waals surface area contributed by atoms with Crippen LogP contribution in [0.4, 0.5) is 11.4 Å². The van der Waals surface area contributed by atoms with Gasteiger partial charge in [0.1, 0.15) is 5.75 Å². The minimum atomic E-state index is -0.535. The summed E-state index contributed by atoms with van der Waals surface area (Å²) in [7, 11) is 0. The molecule has 1 aromatic rings. The fourth-order valence-corrected chi connectivity index (χ4v) is 4.25. The normalized spacial score (nSPS) is 30.2. The third kappa shape index (κ3) is 3.13. The highest BCUT2D eigenvalue weighted by atomic mass is 16.5. The average Bonchev–Trinajstić information content (AvgIpc) is 2.62. The third-order valence-electron chi connectivity index (χ3n) is 5.60. The van der Waals surface area contributed by atoms with Gasteiger partial charge in [-0.05, 0) is 43.9 Å². The first-order chi connectivity index (χ1) is 12.5. The van der Waals surface area contributed by atoms with Crippen molar-refractivity contribution in [3.05, 3.63) is 18.2 Å². The van der Waals surface area contributed by atoms with E-state index < -0.39 is 6.10 Å². The number of hydrogen-bond acceptors (Lipinski definition) is 4. The van der Waals surface area contributed by atoms with Crippen molar-refractivity contribution in [3.8, 4) is 5.75 Å².